The molecule has 0 saturated heterocycles. The highest BCUT2D eigenvalue weighted by Crippen LogP contribution is 2.17. The molecule has 1 atom stereocenters. The molecule has 15 heavy (non-hydrogen) atoms. The molecule has 0 aromatic heterocycles. The maximum absolute atomic E-state index is 10.9. The Morgan fingerprint density at radius 3 is 2.33 bits per heavy atom. The summed E-state index contributed by atoms with van der Waals surface area (Å²) in [7, 11) is 0. The molecule has 0 aromatic rings. The molecule has 1 amide bonds. The highest BCUT2D eigenvalue weighted by Gasteiger charge is 2.13. The van der Waals surface area contributed by atoms with Crippen LogP contribution in [0.25, 0.3) is 0 Å². The number of nitrogens with two attached hydrogens (primary N) is 1. The number of amides is 1. The Morgan fingerprint density at radius 2 is 1.80 bits per heavy atom. The second-order valence-corrected chi connectivity index (χ2v) is 4.75. The lowest BCUT2D eigenvalue weighted by Gasteiger charge is -2.22. The molecule has 1 unspecified atom stereocenters. The first-order valence-corrected chi connectivity index (χ1v) is 6.23. The quantitative estimate of drug-likeness (QED) is 0.746. The van der Waals surface area contributed by atoms with E-state index in [-0.39, 0.29) is 11.8 Å². The summed E-state index contributed by atoms with van der Waals surface area (Å²) in [5.41, 5.74) is 5.23. The molecule has 0 aromatic carbocycles. The van der Waals surface area contributed by atoms with Crippen molar-refractivity contribution < 1.29 is 4.79 Å². The van der Waals surface area contributed by atoms with Crippen molar-refractivity contribution in [2.75, 3.05) is 6.54 Å². The van der Waals surface area contributed by atoms with Gasteiger partial charge in [-0.1, -0.05) is 39.0 Å². The number of rotatable bonds is 4. The Balaban J connectivity index is 2.20. The lowest BCUT2D eigenvalue weighted by molar-refractivity contribution is -0.121. The topological polar surface area (TPSA) is 55.1 Å². The Labute approximate surface area is 92.8 Å². The normalized spacial score (nSPS) is 21.7. The second kappa shape index (κ2) is 6.83. The summed E-state index contributed by atoms with van der Waals surface area (Å²) in [4.78, 5) is 10.9. The molecule has 3 N–H and O–H groups in total. The largest absolute Gasteiger partial charge is 0.369 e. The molecule has 0 radical (unpaired) electrons. The Kier molecular flexibility index (Phi) is 5.69. The van der Waals surface area contributed by atoms with Crippen LogP contribution < -0.4 is 11.1 Å². The molecule has 1 saturated carbocycles. The van der Waals surface area contributed by atoms with E-state index in [4.69, 9.17) is 5.73 Å². The summed E-state index contributed by atoms with van der Waals surface area (Å²) in [6.45, 7) is 2.62. The summed E-state index contributed by atoms with van der Waals surface area (Å²) < 4.78 is 0. The molecule has 88 valence electrons. The number of carbonyl (C=O) groups excluding carboxylic acids is 1. The van der Waals surface area contributed by atoms with Gasteiger partial charge in [-0.2, -0.15) is 0 Å². The standard InChI is InChI=1S/C12H24N2O/c1-10(12(13)15)9-14-11-7-5-3-2-4-6-8-11/h10-11,14H,2-9H2,1H3,(H2,13,15). The maximum atomic E-state index is 10.9. The van der Waals surface area contributed by atoms with E-state index in [0.717, 1.165) is 6.54 Å². The zero-order chi connectivity index (χ0) is 11.1. The summed E-state index contributed by atoms with van der Waals surface area (Å²) >= 11 is 0. The van der Waals surface area contributed by atoms with Crippen LogP contribution in [0.3, 0.4) is 0 Å². The van der Waals surface area contributed by atoms with Crippen LogP contribution in [0.4, 0.5) is 0 Å². The van der Waals surface area contributed by atoms with E-state index in [1.54, 1.807) is 0 Å². The number of hydrogen-bond donors (Lipinski definition) is 2. The van der Waals surface area contributed by atoms with Crippen molar-refractivity contribution in [2.45, 2.75) is 57.9 Å². The van der Waals surface area contributed by atoms with Crippen molar-refractivity contribution in [2.24, 2.45) is 11.7 Å². The minimum atomic E-state index is -0.201. The number of nitrogens with one attached hydrogen (secondary N) is 1. The van der Waals surface area contributed by atoms with E-state index in [1.807, 2.05) is 6.92 Å². The predicted molar refractivity (Wildman–Crippen MR) is 62.5 cm³/mol. The van der Waals surface area contributed by atoms with Crippen LogP contribution >= 0.6 is 0 Å². The molecule has 1 rings (SSSR count). The lowest BCUT2D eigenvalue weighted by atomic mass is 9.96. The van der Waals surface area contributed by atoms with E-state index in [0.29, 0.717) is 6.04 Å². The third-order valence-electron chi connectivity index (χ3n) is 3.30. The van der Waals surface area contributed by atoms with Crippen LogP contribution in [0.2, 0.25) is 0 Å². The fourth-order valence-corrected chi connectivity index (χ4v) is 2.10. The molecule has 3 nitrogen and oxygen atoms in total. The van der Waals surface area contributed by atoms with Crippen molar-refractivity contribution in [1.29, 1.82) is 0 Å². The molecule has 1 aliphatic rings. The van der Waals surface area contributed by atoms with Gasteiger partial charge in [0, 0.05) is 18.5 Å². The molecule has 3 heteroatoms. The summed E-state index contributed by atoms with van der Waals surface area (Å²) in [5.74, 6) is -0.246. The van der Waals surface area contributed by atoms with Gasteiger partial charge < -0.3 is 11.1 Å². The Hall–Kier alpha value is -0.570. The molecular formula is C12H24N2O. The van der Waals surface area contributed by atoms with Gasteiger partial charge in [-0.05, 0) is 12.8 Å². The van der Waals surface area contributed by atoms with Gasteiger partial charge in [0.05, 0.1) is 0 Å². The van der Waals surface area contributed by atoms with Crippen LogP contribution in [-0.2, 0) is 4.79 Å². The van der Waals surface area contributed by atoms with Gasteiger partial charge >= 0.3 is 0 Å². The summed E-state index contributed by atoms with van der Waals surface area (Å²) in [6, 6.07) is 0.604. The van der Waals surface area contributed by atoms with Crippen LogP contribution in [-0.4, -0.2) is 18.5 Å². The first-order chi connectivity index (χ1) is 7.20. The second-order valence-electron chi connectivity index (χ2n) is 4.75. The fraction of sp³-hybridized carbons (Fsp3) is 0.917. The first kappa shape index (κ1) is 12.5. The van der Waals surface area contributed by atoms with E-state index in [1.165, 1.54) is 44.9 Å². The van der Waals surface area contributed by atoms with Crippen LogP contribution in [0.1, 0.15) is 51.9 Å². The smallest absolute Gasteiger partial charge is 0.221 e. The van der Waals surface area contributed by atoms with Crippen LogP contribution in [0, 0.1) is 5.92 Å². The number of hydrogen-bond acceptors (Lipinski definition) is 2. The molecule has 0 bridgehead atoms. The van der Waals surface area contributed by atoms with E-state index >= 15 is 0 Å². The highest BCUT2D eigenvalue weighted by atomic mass is 16.1. The molecule has 0 heterocycles. The minimum absolute atomic E-state index is 0.0459. The van der Waals surface area contributed by atoms with Crippen molar-refractivity contribution >= 4 is 5.91 Å². The molecule has 0 aliphatic heterocycles. The molecular weight excluding hydrogens is 188 g/mol. The van der Waals surface area contributed by atoms with Crippen molar-refractivity contribution in [3.8, 4) is 0 Å². The van der Waals surface area contributed by atoms with Crippen molar-refractivity contribution in [3.05, 3.63) is 0 Å². The van der Waals surface area contributed by atoms with Gasteiger partial charge in [0.15, 0.2) is 0 Å². The zero-order valence-electron chi connectivity index (χ0n) is 9.80. The summed E-state index contributed by atoms with van der Waals surface area (Å²) in [6.07, 6.45) is 9.28. The van der Waals surface area contributed by atoms with Crippen LogP contribution in [0.15, 0.2) is 0 Å². The van der Waals surface area contributed by atoms with Crippen molar-refractivity contribution in [1.82, 2.24) is 5.32 Å². The molecule has 1 aliphatic carbocycles. The van der Waals surface area contributed by atoms with Crippen molar-refractivity contribution in [3.63, 3.8) is 0 Å². The van der Waals surface area contributed by atoms with Gasteiger partial charge in [-0.25, -0.2) is 0 Å². The average molecular weight is 212 g/mol. The van der Waals surface area contributed by atoms with E-state index in [9.17, 15) is 4.79 Å². The minimum Gasteiger partial charge on any atom is -0.369 e. The summed E-state index contributed by atoms with van der Waals surface area (Å²) in [5, 5.41) is 3.47. The monoisotopic (exact) mass is 212 g/mol. The van der Waals surface area contributed by atoms with Gasteiger partial charge in [0.25, 0.3) is 0 Å². The predicted octanol–water partition coefficient (Wildman–Crippen LogP) is 1.81. The van der Waals surface area contributed by atoms with Gasteiger partial charge in [-0.3, -0.25) is 4.79 Å². The van der Waals surface area contributed by atoms with Gasteiger partial charge in [0.1, 0.15) is 0 Å². The zero-order valence-corrected chi connectivity index (χ0v) is 9.80. The van der Waals surface area contributed by atoms with E-state index < -0.39 is 0 Å². The third-order valence-corrected chi connectivity index (χ3v) is 3.30. The highest BCUT2D eigenvalue weighted by molar-refractivity contribution is 5.76. The average Bonchev–Trinajstić information content (AvgIpc) is 2.15. The van der Waals surface area contributed by atoms with Gasteiger partial charge in [-0.15, -0.1) is 0 Å². The lowest BCUT2D eigenvalue weighted by Crippen LogP contribution is -2.37. The van der Waals surface area contributed by atoms with Gasteiger partial charge in [0.2, 0.25) is 5.91 Å². The first-order valence-electron chi connectivity index (χ1n) is 6.23. The molecule has 1 fully saturated rings. The Bertz CT molecular complexity index is 186. The maximum Gasteiger partial charge on any atom is 0.221 e. The number of carbonyl (C=O) groups is 1. The van der Waals surface area contributed by atoms with Crippen LogP contribution in [0.5, 0.6) is 0 Å². The van der Waals surface area contributed by atoms with E-state index in [2.05, 4.69) is 5.32 Å². The SMILES string of the molecule is CC(CNC1CCCCCCC1)C(N)=O. The Morgan fingerprint density at radius 1 is 1.27 bits per heavy atom. The fourth-order valence-electron chi connectivity index (χ4n) is 2.10. The molecule has 0 spiro atoms. The number of primary amides is 1. The third kappa shape index (κ3) is 5.17.